The number of aromatic nitrogens is 1. The van der Waals surface area contributed by atoms with Crippen LogP contribution in [0.2, 0.25) is 5.02 Å². The third-order valence-electron chi connectivity index (χ3n) is 3.28. The lowest BCUT2D eigenvalue weighted by Crippen LogP contribution is -1.91. The van der Waals surface area contributed by atoms with Gasteiger partial charge in [0.05, 0.1) is 0 Å². The Hall–Kier alpha value is -1.73. The summed E-state index contributed by atoms with van der Waals surface area (Å²) in [6.07, 6.45) is 3.13. The smallest absolute Gasteiger partial charge is 0.0459 e. The molecule has 18 heavy (non-hydrogen) atoms. The van der Waals surface area contributed by atoms with Crippen molar-refractivity contribution in [1.29, 1.82) is 0 Å². The van der Waals surface area contributed by atoms with Crippen LogP contribution in [0.5, 0.6) is 0 Å². The summed E-state index contributed by atoms with van der Waals surface area (Å²) in [5, 5.41) is 0.778. The average molecular weight is 256 g/mol. The van der Waals surface area contributed by atoms with E-state index in [9.17, 15) is 0 Å². The predicted octanol–water partition coefficient (Wildman–Crippen LogP) is 4.82. The van der Waals surface area contributed by atoms with Crippen molar-refractivity contribution >= 4 is 17.1 Å². The van der Waals surface area contributed by atoms with Crippen molar-refractivity contribution < 1.29 is 0 Å². The normalized spacial score (nSPS) is 11.0. The minimum absolute atomic E-state index is 0.778. The molecule has 0 aliphatic rings. The molecule has 0 fully saturated rings. The molecule has 0 spiro atoms. The number of pyridine rings is 1. The SMILES string of the molecule is CCc1c(-c2ccc(Cl)cc2)cc2ccccn12. The highest BCUT2D eigenvalue weighted by Crippen LogP contribution is 2.29. The van der Waals surface area contributed by atoms with Crippen LogP contribution < -0.4 is 0 Å². The van der Waals surface area contributed by atoms with Crippen molar-refractivity contribution in [3.05, 3.63) is 65.4 Å². The monoisotopic (exact) mass is 255 g/mol. The van der Waals surface area contributed by atoms with Crippen molar-refractivity contribution in [1.82, 2.24) is 4.40 Å². The molecule has 1 nitrogen and oxygen atoms in total. The summed E-state index contributed by atoms with van der Waals surface area (Å²) < 4.78 is 2.25. The molecule has 2 heteroatoms. The molecule has 0 aliphatic carbocycles. The third kappa shape index (κ3) is 1.81. The number of rotatable bonds is 2. The molecule has 0 radical (unpaired) electrons. The van der Waals surface area contributed by atoms with Gasteiger partial charge >= 0.3 is 0 Å². The Morgan fingerprint density at radius 2 is 1.83 bits per heavy atom. The Morgan fingerprint density at radius 1 is 1.06 bits per heavy atom. The van der Waals surface area contributed by atoms with E-state index in [0.717, 1.165) is 11.4 Å². The molecular weight excluding hydrogens is 242 g/mol. The maximum Gasteiger partial charge on any atom is 0.0459 e. The number of halogens is 1. The number of nitrogens with zero attached hydrogens (tertiary/aromatic N) is 1. The fourth-order valence-electron chi connectivity index (χ4n) is 2.42. The molecule has 0 unspecified atom stereocenters. The second kappa shape index (κ2) is 4.51. The largest absolute Gasteiger partial charge is 0.320 e. The van der Waals surface area contributed by atoms with E-state index in [2.05, 4.69) is 53.9 Å². The lowest BCUT2D eigenvalue weighted by atomic mass is 10.1. The van der Waals surface area contributed by atoms with Gasteiger partial charge in [0.2, 0.25) is 0 Å². The van der Waals surface area contributed by atoms with Crippen LogP contribution in [-0.2, 0) is 6.42 Å². The van der Waals surface area contributed by atoms with E-state index in [1.165, 1.54) is 22.3 Å². The lowest BCUT2D eigenvalue weighted by Gasteiger charge is -2.04. The number of fused-ring (bicyclic) bond motifs is 1. The average Bonchev–Trinajstić information content (AvgIpc) is 2.78. The summed E-state index contributed by atoms with van der Waals surface area (Å²) in [6, 6.07) is 16.6. The summed E-state index contributed by atoms with van der Waals surface area (Å²) in [5.41, 5.74) is 5.09. The fourth-order valence-corrected chi connectivity index (χ4v) is 2.55. The molecule has 0 saturated carbocycles. The van der Waals surface area contributed by atoms with Gasteiger partial charge in [-0.05, 0) is 42.3 Å². The maximum absolute atomic E-state index is 5.95. The first-order valence-corrected chi connectivity index (χ1v) is 6.52. The first kappa shape index (κ1) is 11.4. The van der Waals surface area contributed by atoms with Crippen LogP contribution in [0.1, 0.15) is 12.6 Å². The van der Waals surface area contributed by atoms with E-state index in [1.54, 1.807) is 0 Å². The van der Waals surface area contributed by atoms with E-state index in [4.69, 9.17) is 11.6 Å². The minimum atomic E-state index is 0.778. The molecule has 3 rings (SSSR count). The summed E-state index contributed by atoms with van der Waals surface area (Å²) in [6.45, 7) is 2.19. The van der Waals surface area contributed by atoms with Gasteiger partial charge in [-0.25, -0.2) is 0 Å². The van der Waals surface area contributed by atoms with Crippen molar-refractivity contribution in [2.24, 2.45) is 0 Å². The van der Waals surface area contributed by atoms with Crippen LogP contribution in [0.4, 0.5) is 0 Å². The van der Waals surface area contributed by atoms with Gasteiger partial charge in [-0.3, -0.25) is 0 Å². The molecule has 0 atom stereocenters. The zero-order chi connectivity index (χ0) is 12.5. The van der Waals surface area contributed by atoms with Crippen LogP contribution in [0.25, 0.3) is 16.6 Å². The summed E-state index contributed by atoms with van der Waals surface area (Å²) >= 11 is 5.95. The Labute approximate surface area is 112 Å². The predicted molar refractivity (Wildman–Crippen MR) is 77.2 cm³/mol. The molecule has 0 saturated heterocycles. The summed E-state index contributed by atoms with van der Waals surface area (Å²) in [5.74, 6) is 0. The van der Waals surface area contributed by atoms with Crippen LogP contribution >= 0.6 is 11.6 Å². The molecule has 1 aromatic carbocycles. The second-order valence-corrected chi connectivity index (χ2v) is 4.80. The molecule has 2 heterocycles. The highest BCUT2D eigenvalue weighted by Gasteiger charge is 2.09. The van der Waals surface area contributed by atoms with Gasteiger partial charge in [-0.15, -0.1) is 0 Å². The van der Waals surface area contributed by atoms with Crippen molar-refractivity contribution in [2.45, 2.75) is 13.3 Å². The number of aryl methyl sites for hydroxylation is 1. The fraction of sp³-hybridized carbons (Fsp3) is 0.125. The molecule has 2 aromatic heterocycles. The zero-order valence-electron chi connectivity index (χ0n) is 10.2. The highest BCUT2D eigenvalue weighted by molar-refractivity contribution is 6.30. The molecule has 3 aromatic rings. The Balaban J connectivity index is 2.25. The summed E-state index contributed by atoms with van der Waals surface area (Å²) in [7, 11) is 0. The van der Waals surface area contributed by atoms with Crippen molar-refractivity contribution in [3.63, 3.8) is 0 Å². The maximum atomic E-state index is 5.95. The van der Waals surface area contributed by atoms with Gasteiger partial charge in [0, 0.05) is 28.0 Å². The lowest BCUT2D eigenvalue weighted by molar-refractivity contribution is 0.998. The van der Waals surface area contributed by atoms with Gasteiger partial charge in [0.1, 0.15) is 0 Å². The van der Waals surface area contributed by atoms with Crippen LogP contribution in [0.15, 0.2) is 54.7 Å². The van der Waals surface area contributed by atoms with E-state index in [-0.39, 0.29) is 0 Å². The summed E-state index contributed by atoms with van der Waals surface area (Å²) in [4.78, 5) is 0. The third-order valence-corrected chi connectivity index (χ3v) is 3.53. The molecule has 0 bridgehead atoms. The van der Waals surface area contributed by atoms with E-state index >= 15 is 0 Å². The van der Waals surface area contributed by atoms with Crippen molar-refractivity contribution in [2.75, 3.05) is 0 Å². The molecular formula is C16H14ClN. The standard InChI is InChI=1S/C16H14ClN/c1-2-16-15(12-6-8-13(17)9-7-12)11-14-5-3-4-10-18(14)16/h3-11H,2H2,1H3. The number of benzene rings is 1. The molecule has 0 aliphatic heterocycles. The molecule has 90 valence electrons. The van der Waals surface area contributed by atoms with Crippen LogP contribution in [-0.4, -0.2) is 4.40 Å². The van der Waals surface area contributed by atoms with E-state index < -0.39 is 0 Å². The first-order valence-electron chi connectivity index (χ1n) is 6.14. The Bertz CT molecular complexity index is 680. The Morgan fingerprint density at radius 3 is 2.56 bits per heavy atom. The topological polar surface area (TPSA) is 4.41 Å². The quantitative estimate of drug-likeness (QED) is 0.618. The van der Waals surface area contributed by atoms with Crippen LogP contribution in [0.3, 0.4) is 0 Å². The van der Waals surface area contributed by atoms with E-state index in [0.29, 0.717) is 0 Å². The van der Waals surface area contributed by atoms with Gasteiger partial charge in [-0.1, -0.05) is 36.7 Å². The van der Waals surface area contributed by atoms with Gasteiger partial charge in [0.15, 0.2) is 0 Å². The molecule has 0 amide bonds. The number of hydrogen-bond acceptors (Lipinski definition) is 0. The second-order valence-electron chi connectivity index (χ2n) is 4.36. The van der Waals surface area contributed by atoms with Crippen molar-refractivity contribution in [3.8, 4) is 11.1 Å². The van der Waals surface area contributed by atoms with Crippen LogP contribution in [0, 0.1) is 0 Å². The van der Waals surface area contributed by atoms with Gasteiger partial charge < -0.3 is 4.40 Å². The zero-order valence-corrected chi connectivity index (χ0v) is 11.0. The van der Waals surface area contributed by atoms with E-state index in [1.807, 2.05) is 12.1 Å². The minimum Gasteiger partial charge on any atom is -0.320 e. The molecule has 0 N–H and O–H groups in total. The van der Waals surface area contributed by atoms with Gasteiger partial charge in [-0.2, -0.15) is 0 Å². The highest BCUT2D eigenvalue weighted by atomic mass is 35.5. The first-order chi connectivity index (χ1) is 8.79. The van der Waals surface area contributed by atoms with Gasteiger partial charge in [0.25, 0.3) is 0 Å². The number of hydrogen-bond donors (Lipinski definition) is 0. The Kier molecular flexibility index (Phi) is 2.85.